The van der Waals surface area contributed by atoms with Gasteiger partial charge in [-0.25, -0.2) is 13.1 Å². The fourth-order valence-corrected chi connectivity index (χ4v) is 2.82. The molecule has 0 fully saturated rings. The van der Waals surface area contributed by atoms with Crippen LogP contribution in [0.1, 0.15) is 16.7 Å². The van der Waals surface area contributed by atoms with Crippen molar-refractivity contribution in [1.29, 1.82) is 0 Å². The Balaban J connectivity index is 1.90. The van der Waals surface area contributed by atoms with E-state index in [0.717, 1.165) is 11.1 Å². The van der Waals surface area contributed by atoms with Crippen LogP contribution in [-0.2, 0) is 16.4 Å². The summed E-state index contributed by atoms with van der Waals surface area (Å²) in [6, 6.07) is 17.3. The smallest absolute Gasteiger partial charge is 0.211 e. The van der Waals surface area contributed by atoms with E-state index in [-0.39, 0.29) is 0 Å². The highest BCUT2D eigenvalue weighted by molar-refractivity contribution is 7.92. The minimum absolute atomic E-state index is 0.395. The predicted octanol–water partition coefficient (Wildman–Crippen LogP) is 3.13. The van der Waals surface area contributed by atoms with Gasteiger partial charge in [0.05, 0.1) is 0 Å². The van der Waals surface area contributed by atoms with Gasteiger partial charge in [0.2, 0.25) is 10.0 Å². The van der Waals surface area contributed by atoms with Gasteiger partial charge in [-0.15, -0.1) is 0 Å². The van der Waals surface area contributed by atoms with E-state index in [1.807, 2.05) is 61.5 Å². The van der Waals surface area contributed by atoms with Gasteiger partial charge in [0.25, 0.3) is 0 Å². The number of sulfonamides is 1. The zero-order chi connectivity index (χ0) is 15.1. The highest BCUT2D eigenvalue weighted by Crippen LogP contribution is 2.07. The molecule has 0 heterocycles. The molecule has 0 aliphatic rings. The molecule has 0 aromatic heterocycles. The molecule has 0 unspecified atom stereocenters. The monoisotopic (exact) mass is 301 g/mol. The lowest BCUT2D eigenvalue weighted by Crippen LogP contribution is -2.23. The Labute approximate surface area is 126 Å². The zero-order valence-electron chi connectivity index (χ0n) is 12.0. The molecule has 0 saturated carbocycles. The third kappa shape index (κ3) is 5.17. The first-order chi connectivity index (χ1) is 10.1. The van der Waals surface area contributed by atoms with Crippen LogP contribution in [0.5, 0.6) is 0 Å². The molecule has 0 atom stereocenters. The first-order valence-electron chi connectivity index (χ1n) is 6.84. The summed E-state index contributed by atoms with van der Waals surface area (Å²) in [6.07, 6.45) is 2.28. The summed E-state index contributed by atoms with van der Waals surface area (Å²) in [6.45, 7) is 2.42. The minimum Gasteiger partial charge on any atom is -0.211 e. The van der Waals surface area contributed by atoms with Crippen LogP contribution in [0, 0.1) is 6.92 Å². The Morgan fingerprint density at radius 3 is 2.38 bits per heavy atom. The lowest BCUT2D eigenvalue weighted by Gasteiger charge is -2.06. The van der Waals surface area contributed by atoms with Crippen LogP contribution in [0.2, 0.25) is 0 Å². The van der Waals surface area contributed by atoms with Gasteiger partial charge in [0.15, 0.2) is 0 Å². The van der Waals surface area contributed by atoms with Gasteiger partial charge in [-0.3, -0.25) is 0 Å². The molecule has 0 spiro atoms. The maximum absolute atomic E-state index is 11.9. The Morgan fingerprint density at radius 2 is 1.67 bits per heavy atom. The molecular formula is C17H19NO2S. The molecule has 0 aliphatic carbocycles. The van der Waals surface area contributed by atoms with Crippen molar-refractivity contribution in [3.63, 3.8) is 0 Å². The Kier molecular flexibility index (Phi) is 5.31. The minimum atomic E-state index is -3.39. The van der Waals surface area contributed by atoms with E-state index in [2.05, 4.69) is 4.72 Å². The highest BCUT2D eigenvalue weighted by atomic mass is 32.2. The van der Waals surface area contributed by atoms with E-state index in [9.17, 15) is 8.42 Å². The van der Waals surface area contributed by atoms with Crippen molar-refractivity contribution in [2.45, 2.75) is 13.3 Å². The average Bonchev–Trinajstić information content (AvgIpc) is 2.48. The van der Waals surface area contributed by atoms with Crippen LogP contribution < -0.4 is 4.72 Å². The molecule has 2 aromatic carbocycles. The lowest BCUT2D eigenvalue weighted by atomic mass is 10.1. The second-order valence-corrected chi connectivity index (χ2v) is 6.48. The van der Waals surface area contributed by atoms with Gasteiger partial charge in [0.1, 0.15) is 0 Å². The number of hydrogen-bond acceptors (Lipinski definition) is 2. The standard InChI is InChI=1S/C17H19NO2S/c1-15-7-5-6-10-17(15)11-13-18-21(19,20)14-12-16-8-3-2-4-9-16/h2-10,12,14,18H,11,13H2,1H3/b14-12+. The molecular weight excluding hydrogens is 282 g/mol. The van der Waals surface area contributed by atoms with Gasteiger partial charge in [0, 0.05) is 12.0 Å². The molecule has 0 radical (unpaired) electrons. The van der Waals surface area contributed by atoms with Crippen LogP contribution in [-0.4, -0.2) is 15.0 Å². The highest BCUT2D eigenvalue weighted by Gasteiger charge is 2.05. The molecule has 0 saturated heterocycles. The van der Waals surface area contributed by atoms with Crippen LogP contribution >= 0.6 is 0 Å². The van der Waals surface area contributed by atoms with E-state index >= 15 is 0 Å². The summed E-state index contributed by atoms with van der Waals surface area (Å²) < 4.78 is 26.4. The van der Waals surface area contributed by atoms with Crippen LogP contribution in [0.25, 0.3) is 6.08 Å². The van der Waals surface area contributed by atoms with E-state index in [0.29, 0.717) is 13.0 Å². The van der Waals surface area contributed by atoms with Crippen molar-refractivity contribution in [1.82, 2.24) is 4.72 Å². The molecule has 4 heteroatoms. The predicted molar refractivity (Wildman–Crippen MR) is 87.3 cm³/mol. The maximum atomic E-state index is 11.9. The molecule has 1 N–H and O–H groups in total. The first-order valence-corrected chi connectivity index (χ1v) is 8.39. The summed E-state index contributed by atoms with van der Waals surface area (Å²) in [7, 11) is -3.39. The topological polar surface area (TPSA) is 46.2 Å². The summed E-state index contributed by atoms with van der Waals surface area (Å²) in [5, 5.41) is 1.21. The molecule has 21 heavy (non-hydrogen) atoms. The maximum Gasteiger partial charge on any atom is 0.233 e. The van der Waals surface area contributed by atoms with Crippen molar-refractivity contribution in [3.05, 3.63) is 76.7 Å². The van der Waals surface area contributed by atoms with E-state index < -0.39 is 10.0 Å². The van der Waals surface area contributed by atoms with Gasteiger partial charge >= 0.3 is 0 Å². The van der Waals surface area contributed by atoms with E-state index in [4.69, 9.17) is 0 Å². The fourth-order valence-electron chi connectivity index (χ4n) is 2.00. The normalized spacial score (nSPS) is 11.9. The van der Waals surface area contributed by atoms with Gasteiger partial charge in [-0.05, 0) is 36.1 Å². The number of hydrogen-bond donors (Lipinski definition) is 1. The average molecular weight is 301 g/mol. The summed E-state index contributed by atoms with van der Waals surface area (Å²) in [5.41, 5.74) is 3.20. The third-order valence-corrected chi connectivity index (χ3v) is 4.30. The number of rotatable bonds is 6. The SMILES string of the molecule is Cc1ccccc1CCNS(=O)(=O)/C=C/c1ccccc1. The number of nitrogens with one attached hydrogen (secondary N) is 1. The zero-order valence-corrected chi connectivity index (χ0v) is 12.8. The summed E-state index contributed by atoms with van der Waals surface area (Å²) in [4.78, 5) is 0. The molecule has 3 nitrogen and oxygen atoms in total. The summed E-state index contributed by atoms with van der Waals surface area (Å²) >= 11 is 0. The van der Waals surface area contributed by atoms with Crippen molar-refractivity contribution >= 4 is 16.1 Å². The van der Waals surface area contributed by atoms with Crippen molar-refractivity contribution in [2.24, 2.45) is 0 Å². The van der Waals surface area contributed by atoms with Gasteiger partial charge in [-0.1, -0.05) is 54.6 Å². The molecule has 110 valence electrons. The first kappa shape index (κ1) is 15.5. The molecule has 0 aliphatic heterocycles. The lowest BCUT2D eigenvalue weighted by molar-refractivity contribution is 0.591. The Hall–Kier alpha value is -1.91. The van der Waals surface area contributed by atoms with Crippen LogP contribution in [0.3, 0.4) is 0 Å². The van der Waals surface area contributed by atoms with Gasteiger partial charge < -0.3 is 0 Å². The van der Waals surface area contributed by atoms with E-state index in [1.54, 1.807) is 6.08 Å². The van der Waals surface area contributed by atoms with Crippen molar-refractivity contribution < 1.29 is 8.42 Å². The number of aryl methyl sites for hydroxylation is 1. The second kappa shape index (κ2) is 7.20. The van der Waals surface area contributed by atoms with E-state index in [1.165, 1.54) is 11.0 Å². The third-order valence-electron chi connectivity index (χ3n) is 3.20. The number of benzene rings is 2. The Bertz CT molecular complexity index is 707. The largest absolute Gasteiger partial charge is 0.233 e. The van der Waals surface area contributed by atoms with Crippen LogP contribution in [0.15, 0.2) is 60.0 Å². The molecule has 2 aromatic rings. The Morgan fingerprint density at radius 1 is 1.00 bits per heavy atom. The van der Waals surface area contributed by atoms with Crippen molar-refractivity contribution in [2.75, 3.05) is 6.54 Å². The van der Waals surface area contributed by atoms with Crippen LogP contribution in [0.4, 0.5) is 0 Å². The summed E-state index contributed by atoms with van der Waals surface area (Å²) in [5.74, 6) is 0. The van der Waals surface area contributed by atoms with Crippen molar-refractivity contribution in [3.8, 4) is 0 Å². The molecule has 2 rings (SSSR count). The molecule has 0 bridgehead atoms. The second-order valence-electron chi connectivity index (χ2n) is 4.83. The fraction of sp³-hybridized carbons (Fsp3) is 0.176. The van der Waals surface area contributed by atoms with Gasteiger partial charge in [-0.2, -0.15) is 0 Å². The molecule has 0 amide bonds. The quantitative estimate of drug-likeness (QED) is 0.891.